The standard InChI is InChI=1S/C23H23F3N6O2/c1-12-22(33)29-19-18(25)13(9-14-15(24)11-32(12)20(14)19)10-30-5-7-31(8-6-30)17-4-3-16(23(34)27-2)28-21(17)26/h3-4,9,11-12H,5-8,10H2,1-2H3,(H,27,34)(H,29,33). The van der Waals surface area contributed by atoms with E-state index in [0.29, 0.717) is 37.4 Å². The van der Waals surface area contributed by atoms with Crippen molar-refractivity contribution in [2.24, 2.45) is 0 Å². The Morgan fingerprint density at radius 1 is 1.21 bits per heavy atom. The van der Waals surface area contributed by atoms with E-state index >= 15 is 4.39 Å². The predicted molar refractivity (Wildman–Crippen MR) is 120 cm³/mol. The van der Waals surface area contributed by atoms with Gasteiger partial charge in [-0.05, 0) is 25.1 Å². The molecule has 0 spiro atoms. The van der Waals surface area contributed by atoms with Crippen molar-refractivity contribution in [3.63, 3.8) is 0 Å². The van der Waals surface area contributed by atoms with E-state index in [9.17, 15) is 18.4 Å². The van der Waals surface area contributed by atoms with Gasteiger partial charge in [-0.3, -0.25) is 14.5 Å². The second-order valence-electron chi connectivity index (χ2n) is 8.52. The van der Waals surface area contributed by atoms with Gasteiger partial charge >= 0.3 is 0 Å². The number of nitrogens with one attached hydrogen (secondary N) is 2. The van der Waals surface area contributed by atoms with E-state index in [4.69, 9.17) is 0 Å². The van der Waals surface area contributed by atoms with Crippen molar-refractivity contribution in [1.29, 1.82) is 0 Å². The van der Waals surface area contributed by atoms with Gasteiger partial charge in [0.25, 0.3) is 5.91 Å². The third-order valence-electron chi connectivity index (χ3n) is 6.52. The van der Waals surface area contributed by atoms with Crippen LogP contribution in [-0.4, -0.2) is 59.5 Å². The van der Waals surface area contributed by atoms with E-state index in [1.54, 1.807) is 6.92 Å². The normalized spacial score (nSPS) is 18.3. The summed E-state index contributed by atoms with van der Waals surface area (Å²) in [5, 5.41) is 5.25. The molecule has 1 atom stereocenters. The maximum atomic E-state index is 15.3. The summed E-state index contributed by atoms with van der Waals surface area (Å²) in [5.74, 6) is -2.67. The minimum Gasteiger partial charge on any atom is -0.365 e. The molecule has 0 saturated carbocycles. The molecule has 0 radical (unpaired) electrons. The lowest BCUT2D eigenvalue weighted by atomic mass is 10.1. The number of piperazine rings is 1. The number of aromatic nitrogens is 2. The van der Waals surface area contributed by atoms with Gasteiger partial charge in [0.2, 0.25) is 11.9 Å². The molecule has 1 saturated heterocycles. The Kier molecular flexibility index (Phi) is 5.43. The van der Waals surface area contributed by atoms with Gasteiger partial charge in [-0.1, -0.05) is 0 Å². The van der Waals surface area contributed by atoms with Gasteiger partial charge in [0.15, 0.2) is 5.82 Å². The van der Waals surface area contributed by atoms with Gasteiger partial charge in [-0.25, -0.2) is 13.8 Å². The maximum Gasteiger partial charge on any atom is 0.269 e. The highest BCUT2D eigenvalue weighted by molar-refractivity contribution is 6.06. The number of hydrogen-bond donors (Lipinski definition) is 2. The summed E-state index contributed by atoms with van der Waals surface area (Å²) in [4.78, 5) is 31.4. The Labute approximate surface area is 193 Å². The molecule has 178 valence electrons. The number of nitrogens with zero attached hydrogens (tertiary/aromatic N) is 4. The van der Waals surface area contributed by atoms with E-state index in [-0.39, 0.29) is 28.9 Å². The average molecular weight is 472 g/mol. The highest BCUT2D eigenvalue weighted by Gasteiger charge is 2.31. The Hall–Kier alpha value is -3.60. The van der Waals surface area contributed by atoms with Crippen LogP contribution in [-0.2, 0) is 11.3 Å². The van der Waals surface area contributed by atoms with Gasteiger partial charge < -0.3 is 20.1 Å². The molecule has 0 aliphatic carbocycles. The zero-order valence-corrected chi connectivity index (χ0v) is 18.7. The number of anilines is 2. The van der Waals surface area contributed by atoms with E-state index < -0.39 is 35.4 Å². The van der Waals surface area contributed by atoms with E-state index in [2.05, 4.69) is 15.6 Å². The number of rotatable bonds is 4. The molecule has 4 heterocycles. The van der Waals surface area contributed by atoms with Crippen LogP contribution in [0.5, 0.6) is 0 Å². The summed E-state index contributed by atoms with van der Waals surface area (Å²) in [5.41, 5.74) is 0.927. The number of halogens is 3. The van der Waals surface area contributed by atoms with Gasteiger partial charge in [0.05, 0.1) is 11.2 Å². The van der Waals surface area contributed by atoms with Crippen LogP contribution in [0.2, 0.25) is 0 Å². The molecule has 34 heavy (non-hydrogen) atoms. The van der Waals surface area contributed by atoms with Crippen LogP contribution in [0.3, 0.4) is 0 Å². The number of pyridine rings is 1. The molecular formula is C23H23F3N6O2. The van der Waals surface area contributed by atoms with Crippen LogP contribution in [0.1, 0.15) is 29.0 Å². The smallest absolute Gasteiger partial charge is 0.269 e. The van der Waals surface area contributed by atoms with E-state index in [1.807, 2.05) is 9.80 Å². The lowest BCUT2D eigenvalue weighted by molar-refractivity contribution is -0.118. The summed E-state index contributed by atoms with van der Waals surface area (Å²) >= 11 is 0. The van der Waals surface area contributed by atoms with E-state index in [1.165, 1.54) is 36.0 Å². The van der Waals surface area contributed by atoms with Crippen LogP contribution in [0.25, 0.3) is 10.9 Å². The predicted octanol–water partition coefficient (Wildman–Crippen LogP) is 2.65. The molecule has 2 aliphatic heterocycles. The summed E-state index contributed by atoms with van der Waals surface area (Å²) in [7, 11) is 1.45. The van der Waals surface area contributed by atoms with Crippen LogP contribution < -0.4 is 15.5 Å². The van der Waals surface area contributed by atoms with Crippen LogP contribution in [0.15, 0.2) is 24.4 Å². The monoisotopic (exact) mass is 472 g/mol. The highest BCUT2D eigenvalue weighted by atomic mass is 19.1. The second-order valence-corrected chi connectivity index (χ2v) is 8.52. The fourth-order valence-electron chi connectivity index (χ4n) is 4.61. The number of amides is 2. The molecule has 5 rings (SSSR count). The fraction of sp³-hybridized carbons (Fsp3) is 0.348. The topological polar surface area (TPSA) is 82.5 Å². The average Bonchev–Trinajstić information content (AvgIpc) is 3.16. The zero-order valence-electron chi connectivity index (χ0n) is 18.7. The molecule has 1 aromatic carbocycles. The zero-order chi connectivity index (χ0) is 24.1. The SMILES string of the molecule is CNC(=O)c1ccc(N2CCN(Cc3cc4c(F)cn5c4c(c3F)NC(=O)C5C)CC2)c(F)n1. The lowest BCUT2D eigenvalue weighted by Crippen LogP contribution is -2.46. The molecule has 8 nitrogen and oxygen atoms in total. The Balaban J connectivity index is 1.33. The maximum absolute atomic E-state index is 15.3. The summed E-state index contributed by atoms with van der Waals surface area (Å²) < 4.78 is 45.9. The molecule has 0 bridgehead atoms. The number of benzene rings is 1. The molecule has 2 amide bonds. The molecule has 3 aromatic rings. The third kappa shape index (κ3) is 3.56. The first kappa shape index (κ1) is 22.2. The number of hydrogen-bond acceptors (Lipinski definition) is 5. The number of carbonyl (C=O) groups is 2. The first-order chi connectivity index (χ1) is 16.3. The van der Waals surface area contributed by atoms with Gasteiger partial charge in [0.1, 0.15) is 23.2 Å². The van der Waals surface area contributed by atoms with Crippen molar-refractivity contribution in [2.75, 3.05) is 43.4 Å². The first-order valence-corrected chi connectivity index (χ1v) is 11.0. The minimum absolute atomic E-state index is 0.000217. The molecule has 1 unspecified atom stereocenters. The molecule has 2 aliphatic rings. The van der Waals surface area contributed by atoms with Crippen molar-refractivity contribution in [2.45, 2.75) is 19.5 Å². The molecule has 2 aromatic heterocycles. The quantitative estimate of drug-likeness (QED) is 0.571. The van der Waals surface area contributed by atoms with Crippen molar-refractivity contribution < 1.29 is 22.8 Å². The molecule has 1 fully saturated rings. The first-order valence-electron chi connectivity index (χ1n) is 11.0. The van der Waals surface area contributed by atoms with Crippen molar-refractivity contribution in [3.8, 4) is 0 Å². The highest BCUT2D eigenvalue weighted by Crippen LogP contribution is 2.38. The van der Waals surface area contributed by atoms with Gasteiger partial charge in [-0.2, -0.15) is 4.39 Å². The summed E-state index contributed by atoms with van der Waals surface area (Å²) in [6.07, 6.45) is 1.23. The van der Waals surface area contributed by atoms with Gasteiger partial charge in [-0.15, -0.1) is 0 Å². The van der Waals surface area contributed by atoms with Crippen molar-refractivity contribution >= 4 is 34.1 Å². The van der Waals surface area contributed by atoms with Gasteiger partial charge in [0, 0.05) is 56.9 Å². The minimum atomic E-state index is -0.727. The van der Waals surface area contributed by atoms with Crippen LogP contribution >= 0.6 is 0 Å². The fourth-order valence-corrected chi connectivity index (χ4v) is 4.61. The van der Waals surface area contributed by atoms with Crippen molar-refractivity contribution in [3.05, 3.63) is 53.2 Å². The Morgan fingerprint density at radius 2 is 1.94 bits per heavy atom. The lowest BCUT2D eigenvalue weighted by Gasteiger charge is -2.36. The van der Waals surface area contributed by atoms with Crippen molar-refractivity contribution in [1.82, 2.24) is 19.8 Å². The van der Waals surface area contributed by atoms with Crippen LogP contribution in [0.4, 0.5) is 24.5 Å². The summed E-state index contributed by atoms with van der Waals surface area (Å²) in [6, 6.07) is 3.86. The Bertz CT molecular complexity index is 1320. The molecular weight excluding hydrogens is 449 g/mol. The number of carbonyl (C=O) groups excluding carboxylic acids is 2. The molecule has 2 N–H and O–H groups in total. The third-order valence-corrected chi connectivity index (χ3v) is 6.52. The van der Waals surface area contributed by atoms with E-state index in [0.717, 1.165) is 0 Å². The largest absolute Gasteiger partial charge is 0.365 e. The molecule has 11 heteroatoms. The second kappa shape index (κ2) is 8.32. The summed E-state index contributed by atoms with van der Waals surface area (Å²) in [6.45, 7) is 3.80. The van der Waals surface area contributed by atoms with Crippen LogP contribution in [0, 0.1) is 17.6 Å². The Morgan fingerprint density at radius 3 is 2.62 bits per heavy atom.